The van der Waals surface area contributed by atoms with Gasteiger partial charge in [-0.2, -0.15) is 0 Å². The molecule has 4 aromatic carbocycles. The molecule has 250 valence electrons. The minimum absolute atomic E-state index is 0.105. The number of hydrogen-bond donors (Lipinski definition) is 2. The summed E-state index contributed by atoms with van der Waals surface area (Å²) in [7, 11) is 0. The fourth-order valence-corrected chi connectivity index (χ4v) is 6.45. The first kappa shape index (κ1) is 34.5. The quantitative estimate of drug-likeness (QED) is 0.129. The lowest BCUT2D eigenvalue weighted by molar-refractivity contribution is -0.118. The SMILES string of the molecule is NC(=O)CC(NCc1ccc(Cl)c(Cl)c1)c1ccc2c(c1)nc(-c1cccc(OCCN3CCOCC3)c1)n2Cc1ccc(Cl)c(Cl)c1. The molecule has 48 heavy (non-hydrogen) atoms. The van der Waals surface area contributed by atoms with E-state index in [1.807, 2.05) is 60.7 Å². The number of imidazole rings is 1. The van der Waals surface area contributed by atoms with Gasteiger partial charge >= 0.3 is 0 Å². The summed E-state index contributed by atoms with van der Waals surface area (Å²) in [6, 6.07) is 24.7. The number of nitrogens with one attached hydrogen (secondary N) is 1. The van der Waals surface area contributed by atoms with Crippen molar-refractivity contribution in [2.24, 2.45) is 5.73 Å². The molecule has 2 heterocycles. The average Bonchev–Trinajstić information content (AvgIpc) is 3.44. The van der Waals surface area contributed by atoms with Gasteiger partial charge in [-0.25, -0.2) is 4.98 Å². The normalized spacial score (nSPS) is 14.3. The van der Waals surface area contributed by atoms with E-state index in [-0.39, 0.29) is 12.5 Å². The van der Waals surface area contributed by atoms with E-state index in [4.69, 9.17) is 66.6 Å². The van der Waals surface area contributed by atoms with Crippen molar-refractivity contribution in [1.82, 2.24) is 19.8 Å². The van der Waals surface area contributed by atoms with Crippen LogP contribution in [0.25, 0.3) is 22.4 Å². The van der Waals surface area contributed by atoms with Crippen molar-refractivity contribution < 1.29 is 14.3 Å². The van der Waals surface area contributed by atoms with Crippen molar-refractivity contribution in [3.05, 3.63) is 116 Å². The van der Waals surface area contributed by atoms with Gasteiger partial charge in [0.2, 0.25) is 5.91 Å². The molecule has 5 aromatic rings. The minimum atomic E-state index is -0.419. The maximum atomic E-state index is 12.1. The molecular weight excluding hydrogens is 692 g/mol. The van der Waals surface area contributed by atoms with Crippen molar-refractivity contribution in [3.63, 3.8) is 0 Å². The molecule has 0 aliphatic carbocycles. The number of halogens is 4. The second-order valence-electron chi connectivity index (χ2n) is 11.7. The summed E-state index contributed by atoms with van der Waals surface area (Å²) in [4.78, 5) is 19.6. The molecule has 1 unspecified atom stereocenters. The van der Waals surface area contributed by atoms with Gasteiger partial charge in [0.1, 0.15) is 18.2 Å². The molecule has 0 spiro atoms. The van der Waals surface area contributed by atoms with Crippen LogP contribution in [0.3, 0.4) is 0 Å². The maximum absolute atomic E-state index is 12.1. The number of nitrogens with two attached hydrogens (primary N) is 1. The van der Waals surface area contributed by atoms with Crippen LogP contribution in [0.2, 0.25) is 20.1 Å². The Morgan fingerprint density at radius 2 is 1.62 bits per heavy atom. The molecule has 3 N–H and O–H groups in total. The molecule has 1 aromatic heterocycles. The fraction of sp³-hybridized carbons (Fsp3) is 0.278. The van der Waals surface area contributed by atoms with Crippen molar-refractivity contribution in [3.8, 4) is 17.1 Å². The largest absolute Gasteiger partial charge is 0.492 e. The Hall–Kier alpha value is -3.34. The number of hydrogen-bond acceptors (Lipinski definition) is 6. The Balaban J connectivity index is 1.32. The zero-order valence-corrected chi connectivity index (χ0v) is 29.1. The number of benzene rings is 4. The molecule has 1 atom stereocenters. The molecule has 1 amide bonds. The first-order valence-electron chi connectivity index (χ1n) is 15.7. The highest BCUT2D eigenvalue weighted by atomic mass is 35.5. The standard InChI is InChI=1S/C36H35Cl4N5O3/c37-28-7-4-23(16-30(28)39)21-42-32(20-35(41)46)25-6-9-34-33(19-25)43-36(45(34)22-24-5-8-29(38)31(40)17-24)26-2-1-3-27(18-26)48-15-12-44-10-13-47-14-11-44/h1-9,16-19,32,42H,10-15,20-22H2,(H2,41,46). The Bertz CT molecular complexity index is 1910. The minimum Gasteiger partial charge on any atom is -0.492 e. The van der Waals surface area contributed by atoms with Crippen LogP contribution in [-0.4, -0.2) is 59.8 Å². The van der Waals surface area contributed by atoms with Crippen molar-refractivity contribution in [2.75, 3.05) is 39.5 Å². The van der Waals surface area contributed by atoms with Gasteiger partial charge in [0.15, 0.2) is 0 Å². The van der Waals surface area contributed by atoms with Crippen LogP contribution in [0.1, 0.15) is 29.2 Å². The van der Waals surface area contributed by atoms with Gasteiger partial charge in [0.25, 0.3) is 0 Å². The molecule has 8 nitrogen and oxygen atoms in total. The second kappa shape index (κ2) is 15.9. The summed E-state index contributed by atoms with van der Waals surface area (Å²) < 4.78 is 13.8. The summed E-state index contributed by atoms with van der Waals surface area (Å²) in [5, 5.41) is 5.39. The highest BCUT2D eigenvalue weighted by Gasteiger charge is 2.20. The molecule has 1 saturated heterocycles. The van der Waals surface area contributed by atoms with E-state index >= 15 is 0 Å². The lowest BCUT2D eigenvalue weighted by atomic mass is 10.0. The van der Waals surface area contributed by atoms with E-state index in [1.165, 1.54) is 0 Å². The zero-order chi connectivity index (χ0) is 33.6. The number of ether oxygens (including phenoxy) is 2. The lowest BCUT2D eigenvalue weighted by Gasteiger charge is -2.26. The topological polar surface area (TPSA) is 94.6 Å². The van der Waals surface area contributed by atoms with Gasteiger partial charge in [-0.3, -0.25) is 9.69 Å². The van der Waals surface area contributed by atoms with Gasteiger partial charge in [-0.05, 0) is 65.2 Å². The summed E-state index contributed by atoms with van der Waals surface area (Å²) in [5.41, 5.74) is 11.1. The molecular formula is C36H35Cl4N5O3. The first-order chi connectivity index (χ1) is 23.2. The maximum Gasteiger partial charge on any atom is 0.219 e. The smallest absolute Gasteiger partial charge is 0.219 e. The van der Waals surface area contributed by atoms with Gasteiger partial charge in [-0.15, -0.1) is 0 Å². The highest BCUT2D eigenvalue weighted by molar-refractivity contribution is 6.42. The van der Waals surface area contributed by atoms with Crippen LogP contribution < -0.4 is 15.8 Å². The van der Waals surface area contributed by atoms with Crippen molar-refractivity contribution in [2.45, 2.75) is 25.6 Å². The van der Waals surface area contributed by atoms with Crippen LogP contribution in [0.4, 0.5) is 0 Å². The fourth-order valence-electron chi connectivity index (χ4n) is 5.81. The van der Waals surface area contributed by atoms with Gasteiger partial charge in [0.05, 0.1) is 44.3 Å². The van der Waals surface area contributed by atoms with Crippen LogP contribution >= 0.6 is 46.4 Å². The Labute approximate surface area is 299 Å². The Morgan fingerprint density at radius 3 is 2.35 bits per heavy atom. The number of nitrogens with zero attached hydrogens (tertiary/aromatic N) is 3. The van der Waals surface area contributed by atoms with E-state index < -0.39 is 5.91 Å². The summed E-state index contributed by atoms with van der Waals surface area (Å²) in [6.07, 6.45) is 0.105. The number of fused-ring (bicyclic) bond motifs is 1. The number of morpholine rings is 1. The van der Waals surface area contributed by atoms with Crippen LogP contribution in [-0.2, 0) is 22.6 Å². The number of primary amides is 1. The predicted molar refractivity (Wildman–Crippen MR) is 193 cm³/mol. The van der Waals surface area contributed by atoms with E-state index in [0.29, 0.717) is 39.8 Å². The van der Waals surface area contributed by atoms with E-state index in [9.17, 15) is 4.79 Å². The van der Waals surface area contributed by atoms with Gasteiger partial charge in [0, 0.05) is 50.7 Å². The number of aromatic nitrogens is 2. The molecule has 0 saturated carbocycles. The Kier molecular flexibility index (Phi) is 11.4. The monoisotopic (exact) mass is 725 g/mol. The summed E-state index contributed by atoms with van der Waals surface area (Å²) >= 11 is 25.0. The second-order valence-corrected chi connectivity index (χ2v) is 13.3. The van der Waals surface area contributed by atoms with E-state index in [0.717, 1.165) is 77.7 Å². The molecule has 1 fully saturated rings. The average molecular weight is 728 g/mol. The molecule has 1 aliphatic heterocycles. The molecule has 0 radical (unpaired) electrons. The molecule has 6 rings (SSSR count). The van der Waals surface area contributed by atoms with E-state index in [1.54, 1.807) is 18.2 Å². The summed E-state index contributed by atoms with van der Waals surface area (Å²) in [5.74, 6) is 1.11. The summed E-state index contributed by atoms with van der Waals surface area (Å²) in [6.45, 7) is 5.70. The third kappa shape index (κ3) is 8.62. The van der Waals surface area contributed by atoms with Crippen LogP contribution in [0.5, 0.6) is 5.75 Å². The molecule has 0 bridgehead atoms. The number of carbonyl (C=O) groups excluding carboxylic acids is 1. The third-order valence-electron chi connectivity index (χ3n) is 8.31. The molecule has 12 heteroatoms. The first-order valence-corrected chi connectivity index (χ1v) is 17.2. The highest BCUT2D eigenvalue weighted by Crippen LogP contribution is 2.32. The van der Waals surface area contributed by atoms with Crippen LogP contribution in [0, 0.1) is 0 Å². The predicted octanol–water partition coefficient (Wildman–Crippen LogP) is 7.78. The zero-order valence-electron chi connectivity index (χ0n) is 26.1. The van der Waals surface area contributed by atoms with Crippen LogP contribution in [0.15, 0.2) is 78.9 Å². The number of carbonyl (C=O) groups is 1. The Morgan fingerprint density at radius 1 is 0.896 bits per heavy atom. The van der Waals surface area contributed by atoms with E-state index in [2.05, 4.69) is 14.8 Å². The lowest BCUT2D eigenvalue weighted by Crippen LogP contribution is -2.38. The third-order valence-corrected chi connectivity index (χ3v) is 9.79. The van der Waals surface area contributed by atoms with Crippen molar-refractivity contribution >= 4 is 63.3 Å². The van der Waals surface area contributed by atoms with Crippen molar-refractivity contribution in [1.29, 1.82) is 0 Å². The number of rotatable bonds is 13. The molecule has 1 aliphatic rings. The van der Waals surface area contributed by atoms with Gasteiger partial charge < -0.3 is 25.1 Å². The number of amides is 1. The van der Waals surface area contributed by atoms with Gasteiger partial charge in [-0.1, -0.05) is 76.7 Å².